The maximum Gasteiger partial charge on any atom is 0.277 e. The van der Waals surface area contributed by atoms with Crippen molar-refractivity contribution in [1.29, 1.82) is 0 Å². The fourth-order valence-corrected chi connectivity index (χ4v) is 2.63. The zero-order valence-electron chi connectivity index (χ0n) is 10.4. The van der Waals surface area contributed by atoms with E-state index in [0.29, 0.717) is 16.9 Å². The van der Waals surface area contributed by atoms with Crippen LogP contribution in [0.2, 0.25) is 0 Å². The number of benzene rings is 1. The second kappa shape index (κ2) is 5.02. The summed E-state index contributed by atoms with van der Waals surface area (Å²) >= 11 is 1.47. The molecule has 0 aliphatic rings. The van der Waals surface area contributed by atoms with Crippen molar-refractivity contribution in [3.05, 3.63) is 35.9 Å². The largest absolute Gasteiger partial charge is 0.415 e. The number of fused-ring (bicyclic) bond motifs is 1. The molecule has 0 spiro atoms. The van der Waals surface area contributed by atoms with Gasteiger partial charge in [-0.15, -0.1) is 10.2 Å². The molecule has 6 nitrogen and oxygen atoms in total. The monoisotopic (exact) mass is 275 g/mol. The molecule has 0 amide bonds. The van der Waals surface area contributed by atoms with Gasteiger partial charge in [-0.1, -0.05) is 30.0 Å². The fourth-order valence-electron chi connectivity index (χ4n) is 1.90. The van der Waals surface area contributed by atoms with Crippen LogP contribution in [0.4, 0.5) is 0 Å². The van der Waals surface area contributed by atoms with E-state index in [0.717, 1.165) is 16.6 Å². The summed E-state index contributed by atoms with van der Waals surface area (Å²) in [5, 5.41) is 13.9. The van der Waals surface area contributed by atoms with Crippen molar-refractivity contribution in [3.8, 4) is 0 Å². The average molecular weight is 275 g/mol. The lowest BCUT2D eigenvalue weighted by Crippen LogP contribution is -1.95. The smallest absolute Gasteiger partial charge is 0.277 e. The van der Waals surface area contributed by atoms with Crippen molar-refractivity contribution in [2.45, 2.75) is 17.5 Å². The van der Waals surface area contributed by atoms with E-state index in [-0.39, 0.29) is 6.54 Å². The van der Waals surface area contributed by atoms with Gasteiger partial charge in [-0.05, 0) is 6.07 Å². The number of para-hydroxylation sites is 1. The minimum Gasteiger partial charge on any atom is -0.415 e. The van der Waals surface area contributed by atoms with Gasteiger partial charge in [0, 0.05) is 18.2 Å². The topological polar surface area (TPSA) is 82.8 Å². The van der Waals surface area contributed by atoms with Gasteiger partial charge in [-0.2, -0.15) is 5.10 Å². The van der Waals surface area contributed by atoms with E-state index in [1.54, 1.807) is 0 Å². The van der Waals surface area contributed by atoms with Crippen LogP contribution in [0.5, 0.6) is 0 Å². The van der Waals surface area contributed by atoms with Crippen molar-refractivity contribution in [1.82, 2.24) is 20.0 Å². The summed E-state index contributed by atoms with van der Waals surface area (Å²) in [6, 6.07) is 8.14. The van der Waals surface area contributed by atoms with Crippen LogP contribution >= 0.6 is 11.8 Å². The molecule has 2 aromatic heterocycles. The Hall–Kier alpha value is -1.86. The third-order valence-corrected chi connectivity index (χ3v) is 3.62. The van der Waals surface area contributed by atoms with Gasteiger partial charge in [-0.3, -0.25) is 4.68 Å². The molecule has 0 aliphatic carbocycles. The van der Waals surface area contributed by atoms with Crippen molar-refractivity contribution >= 4 is 22.7 Å². The summed E-state index contributed by atoms with van der Waals surface area (Å²) in [4.78, 5) is 0. The summed E-state index contributed by atoms with van der Waals surface area (Å²) in [7, 11) is 1.94. The Bertz CT molecular complexity index is 705. The number of aryl methyl sites for hydroxylation is 1. The average Bonchev–Trinajstić information content (AvgIpc) is 3.02. The second-order valence-corrected chi connectivity index (χ2v) is 4.97. The summed E-state index contributed by atoms with van der Waals surface area (Å²) in [6.45, 7) is 0.264. The summed E-state index contributed by atoms with van der Waals surface area (Å²) < 4.78 is 7.23. The van der Waals surface area contributed by atoms with E-state index in [1.165, 1.54) is 11.8 Å². The summed E-state index contributed by atoms with van der Waals surface area (Å²) in [5.74, 6) is 1.14. The number of nitrogens with two attached hydrogens (primary N) is 1. The highest BCUT2D eigenvalue weighted by molar-refractivity contribution is 7.98. The van der Waals surface area contributed by atoms with E-state index in [1.807, 2.05) is 23.9 Å². The van der Waals surface area contributed by atoms with Gasteiger partial charge in [-0.25, -0.2) is 0 Å². The second-order valence-electron chi connectivity index (χ2n) is 4.04. The third kappa shape index (κ3) is 2.34. The van der Waals surface area contributed by atoms with Crippen LogP contribution in [0.3, 0.4) is 0 Å². The lowest BCUT2D eigenvalue weighted by Gasteiger charge is -1.93. The zero-order valence-corrected chi connectivity index (χ0v) is 11.2. The van der Waals surface area contributed by atoms with Crippen LogP contribution in [0.1, 0.15) is 11.6 Å². The van der Waals surface area contributed by atoms with Crippen LogP contribution in [0, 0.1) is 0 Å². The Morgan fingerprint density at radius 3 is 2.95 bits per heavy atom. The molecule has 0 radical (unpaired) electrons. The van der Waals surface area contributed by atoms with Gasteiger partial charge >= 0.3 is 0 Å². The zero-order chi connectivity index (χ0) is 13.2. The molecule has 0 aliphatic heterocycles. The number of nitrogens with zero attached hydrogens (tertiary/aromatic N) is 4. The van der Waals surface area contributed by atoms with Crippen LogP contribution in [-0.4, -0.2) is 20.0 Å². The van der Waals surface area contributed by atoms with E-state index in [4.69, 9.17) is 10.2 Å². The van der Waals surface area contributed by atoms with Crippen LogP contribution in [-0.2, 0) is 19.3 Å². The highest BCUT2D eigenvalue weighted by atomic mass is 32.2. The molecule has 0 saturated carbocycles. The van der Waals surface area contributed by atoms with Crippen molar-refractivity contribution in [2.75, 3.05) is 0 Å². The molecule has 3 rings (SSSR count). The van der Waals surface area contributed by atoms with E-state index in [2.05, 4.69) is 27.4 Å². The van der Waals surface area contributed by atoms with Crippen LogP contribution in [0.25, 0.3) is 10.9 Å². The van der Waals surface area contributed by atoms with Crippen LogP contribution < -0.4 is 5.73 Å². The minimum absolute atomic E-state index is 0.264. The lowest BCUT2D eigenvalue weighted by atomic mass is 10.2. The Morgan fingerprint density at radius 2 is 2.16 bits per heavy atom. The molecule has 0 saturated heterocycles. The first-order valence-electron chi connectivity index (χ1n) is 5.84. The predicted octanol–water partition coefficient (Wildman–Crippen LogP) is 1.71. The maximum atomic E-state index is 5.43. The first kappa shape index (κ1) is 12.2. The molecule has 0 bridgehead atoms. The predicted molar refractivity (Wildman–Crippen MR) is 72.5 cm³/mol. The van der Waals surface area contributed by atoms with Gasteiger partial charge in [0.05, 0.1) is 17.8 Å². The van der Waals surface area contributed by atoms with Gasteiger partial charge in [0.2, 0.25) is 5.89 Å². The highest BCUT2D eigenvalue weighted by Gasteiger charge is 2.11. The quantitative estimate of drug-likeness (QED) is 0.730. The molecule has 1 aromatic carbocycles. The number of aromatic nitrogens is 4. The molecule has 3 aromatic rings. The lowest BCUT2D eigenvalue weighted by molar-refractivity contribution is 0.414. The molecule has 98 valence electrons. The molecule has 0 atom stereocenters. The molecular formula is C12H13N5OS. The first-order chi connectivity index (χ1) is 9.28. The first-order valence-corrected chi connectivity index (χ1v) is 6.82. The van der Waals surface area contributed by atoms with Gasteiger partial charge in [0.15, 0.2) is 0 Å². The molecule has 0 fully saturated rings. The molecule has 7 heteroatoms. The summed E-state index contributed by atoms with van der Waals surface area (Å²) in [6.07, 6.45) is 0. The standard InChI is InChI=1S/C12H13N5OS/c1-17-10-5-3-2-4-8(10)9(16-17)7-19-12-15-14-11(6-13)18-12/h2-5H,6-7,13H2,1H3. The third-order valence-electron chi connectivity index (χ3n) is 2.79. The Kier molecular flexibility index (Phi) is 3.22. The molecule has 2 heterocycles. The van der Waals surface area contributed by atoms with E-state index in [9.17, 15) is 0 Å². The van der Waals surface area contributed by atoms with Crippen molar-refractivity contribution < 1.29 is 4.42 Å². The number of rotatable bonds is 4. The van der Waals surface area contributed by atoms with Gasteiger partial charge < -0.3 is 10.2 Å². The molecule has 2 N–H and O–H groups in total. The minimum atomic E-state index is 0.264. The normalized spacial score (nSPS) is 11.3. The summed E-state index contributed by atoms with van der Waals surface area (Å²) in [5.41, 5.74) is 7.55. The fraction of sp³-hybridized carbons (Fsp3) is 0.250. The molecular weight excluding hydrogens is 262 g/mol. The molecule has 0 unspecified atom stereocenters. The number of hydrogen-bond acceptors (Lipinski definition) is 6. The Morgan fingerprint density at radius 1 is 1.32 bits per heavy atom. The Balaban J connectivity index is 1.82. The number of thioether (sulfide) groups is 1. The highest BCUT2D eigenvalue weighted by Crippen LogP contribution is 2.25. The number of hydrogen-bond donors (Lipinski definition) is 1. The van der Waals surface area contributed by atoms with Gasteiger partial charge in [0.1, 0.15) is 0 Å². The molecule has 19 heavy (non-hydrogen) atoms. The Labute approximate surface area is 114 Å². The SMILES string of the molecule is Cn1nc(CSc2nnc(CN)o2)c2ccccc21. The van der Waals surface area contributed by atoms with Crippen molar-refractivity contribution in [2.24, 2.45) is 12.8 Å². The van der Waals surface area contributed by atoms with E-state index >= 15 is 0 Å². The maximum absolute atomic E-state index is 5.43. The van der Waals surface area contributed by atoms with Gasteiger partial charge in [0.25, 0.3) is 5.22 Å². The van der Waals surface area contributed by atoms with Crippen molar-refractivity contribution in [3.63, 3.8) is 0 Å². The van der Waals surface area contributed by atoms with E-state index < -0.39 is 0 Å². The van der Waals surface area contributed by atoms with Crippen LogP contribution in [0.15, 0.2) is 33.9 Å².